The number of nitrogens with two attached hydrogens (primary N) is 1. The summed E-state index contributed by atoms with van der Waals surface area (Å²) in [5.74, 6) is 1.31. The normalized spacial score (nSPS) is 16.0. The standard InChI is InChI=1S/C27H29Cl2N7O2/c1-16(37)15-31-26-33-23(35-13-11-27(2,12-14-35)25(30)38)21-24(34-26)36(18-9-7-17(28)8-10-18)22(32-21)19-5-3-4-6-20(19)29/h3-10,16,37H,11-15H2,1-2H3,(H2,30,38)(H,31,33,34)/t16-/m0/s1. The number of benzene rings is 2. The Morgan fingerprint density at radius 2 is 1.79 bits per heavy atom. The van der Waals surface area contributed by atoms with E-state index in [2.05, 4.69) is 10.2 Å². The third-order valence-corrected chi connectivity index (χ3v) is 7.59. The molecule has 9 nitrogen and oxygen atoms in total. The molecule has 2 aromatic carbocycles. The molecule has 0 bridgehead atoms. The number of nitrogens with zero attached hydrogens (tertiary/aromatic N) is 5. The van der Waals surface area contributed by atoms with E-state index in [4.69, 9.17) is 43.9 Å². The molecule has 2 aromatic heterocycles. The van der Waals surface area contributed by atoms with E-state index in [9.17, 15) is 9.90 Å². The minimum atomic E-state index is -0.594. The van der Waals surface area contributed by atoms with Crippen molar-refractivity contribution in [1.82, 2.24) is 19.5 Å². The summed E-state index contributed by atoms with van der Waals surface area (Å²) in [6.45, 7) is 5.03. The number of carbonyl (C=O) groups is 1. The van der Waals surface area contributed by atoms with E-state index in [0.29, 0.717) is 64.7 Å². The van der Waals surface area contributed by atoms with Gasteiger partial charge in [0, 0.05) is 41.3 Å². The van der Waals surface area contributed by atoms with E-state index in [0.717, 1.165) is 11.3 Å². The molecule has 3 heterocycles. The van der Waals surface area contributed by atoms with Crippen molar-refractivity contribution in [3.8, 4) is 17.1 Å². The molecule has 198 valence electrons. The molecule has 0 radical (unpaired) electrons. The first-order chi connectivity index (χ1) is 18.2. The Kier molecular flexibility index (Phi) is 7.17. The molecule has 4 aromatic rings. The maximum atomic E-state index is 12.1. The molecule has 1 saturated heterocycles. The largest absolute Gasteiger partial charge is 0.392 e. The summed E-state index contributed by atoms with van der Waals surface area (Å²) in [5.41, 5.74) is 7.84. The fraction of sp³-hybridized carbons (Fsp3) is 0.333. The predicted octanol–water partition coefficient (Wildman–Crippen LogP) is 4.67. The molecule has 1 fully saturated rings. The molecule has 1 aliphatic heterocycles. The SMILES string of the molecule is C[C@H](O)CNc1nc(N2CCC(C)(C(N)=O)CC2)c2nc(-c3ccccc3Cl)n(-c3ccc(Cl)cc3)c2n1. The molecule has 1 atom stereocenters. The van der Waals surface area contributed by atoms with Crippen LogP contribution in [0.25, 0.3) is 28.2 Å². The van der Waals surface area contributed by atoms with Gasteiger partial charge in [-0.05, 0) is 56.2 Å². The molecule has 4 N–H and O–H groups in total. The van der Waals surface area contributed by atoms with Gasteiger partial charge in [-0.2, -0.15) is 9.97 Å². The summed E-state index contributed by atoms with van der Waals surface area (Å²) >= 11 is 12.8. The first-order valence-corrected chi connectivity index (χ1v) is 13.2. The lowest BCUT2D eigenvalue weighted by molar-refractivity contribution is -0.127. The second-order valence-electron chi connectivity index (χ2n) is 9.91. The van der Waals surface area contributed by atoms with Crippen LogP contribution in [0.2, 0.25) is 10.0 Å². The van der Waals surface area contributed by atoms with Gasteiger partial charge in [-0.3, -0.25) is 9.36 Å². The van der Waals surface area contributed by atoms with Crippen molar-refractivity contribution in [2.75, 3.05) is 29.9 Å². The molecule has 5 rings (SSSR count). The van der Waals surface area contributed by atoms with Gasteiger partial charge < -0.3 is 21.1 Å². The van der Waals surface area contributed by atoms with E-state index in [1.807, 2.05) is 60.0 Å². The van der Waals surface area contributed by atoms with Crippen molar-refractivity contribution in [3.05, 3.63) is 58.6 Å². The summed E-state index contributed by atoms with van der Waals surface area (Å²) in [6.07, 6.45) is 0.600. The number of hydrogen-bond acceptors (Lipinski definition) is 7. The monoisotopic (exact) mass is 553 g/mol. The van der Waals surface area contributed by atoms with E-state index in [1.165, 1.54) is 0 Å². The molecule has 0 aliphatic carbocycles. The quantitative estimate of drug-likeness (QED) is 0.303. The van der Waals surface area contributed by atoms with Gasteiger partial charge in [0.1, 0.15) is 5.82 Å². The van der Waals surface area contributed by atoms with Crippen LogP contribution in [0.1, 0.15) is 26.7 Å². The average molecular weight is 554 g/mol. The number of amides is 1. The third kappa shape index (κ3) is 5.01. The Morgan fingerprint density at radius 1 is 1.11 bits per heavy atom. The van der Waals surface area contributed by atoms with Crippen LogP contribution < -0.4 is 16.0 Å². The average Bonchev–Trinajstić information content (AvgIpc) is 3.27. The number of aliphatic hydroxyl groups excluding tert-OH is 1. The molecular weight excluding hydrogens is 525 g/mol. The number of piperidine rings is 1. The number of aliphatic hydroxyl groups is 1. The predicted molar refractivity (Wildman–Crippen MR) is 151 cm³/mol. The van der Waals surface area contributed by atoms with E-state index in [1.54, 1.807) is 6.92 Å². The fourth-order valence-corrected chi connectivity index (χ4v) is 4.94. The minimum absolute atomic E-state index is 0.275. The number of aromatic nitrogens is 4. The molecule has 38 heavy (non-hydrogen) atoms. The summed E-state index contributed by atoms with van der Waals surface area (Å²) in [5, 5.41) is 14.2. The van der Waals surface area contributed by atoms with Gasteiger partial charge in [-0.1, -0.05) is 42.3 Å². The summed E-state index contributed by atoms with van der Waals surface area (Å²) in [6, 6.07) is 14.9. The lowest BCUT2D eigenvalue weighted by atomic mass is 9.80. The van der Waals surface area contributed by atoms with Crippen LogP contribution in [0.15, 0.2) is 48.5 Å². The lowest BCUT2D eigenvalue weighted by Gasteiger charge is -2.37. The first-order valence-electron chi connectivity index (χ1n) is 12.4. The van der Waals surface area contributed by atoms with Crippen LogP contribution in [-0.2, 0) is 4.79 Å². The topological polar surface area (TPSA) is 122 Å². The Morgan fingerprint density at radius 3 is 2.42 bits per heavy atom. The zero-order valence-electron chi connectivity index (χ0n) is 21.2. The van der Waals surface area contributed by atoms with Gasteiger partial charge in [0.2, 0.25) is 11.9 Å². The molecule has 0 unspecified atom stereocenters. The number of imidazole rings is 1. The van der Waals surface area contributed by atoms with Gasteiger partial charge in [0.15, 0.2) is 17.0 Å². The van der Waals surface area contributed by atoms with Crippen molar-refractivity contribution in [1.29, 1.82) is 0 Å². The van der Waals surface area contributed by atoms with Crippen LogP contribution in [0.5, 0.6) is 0 Å². The Balaban J connectivity index is 1.73. The highest BCUT2D eigenvalue weighted by atomic mass is 35.5. The van der Waals surface area contributed by atoms with E-state index >= 15 is 0 Å². The highest BCUT2D eigenvalue weighted by Gasteiger charge is 2.36. The van der Waals surface area contributed by atoms with Crippen LogP contribution in [0, 0.1) is 5.41 Å². The van der Waals surface area contributed by atoms with Crippen molar-refractivity contribution in [2.24, 2.45) is 11.1 Å². The Labute approximate surface area is 230 Å². The van der Waals surface area contributed by atoms with Gasteiger partial charge >= 0.3 is 0 Å². The van der Waals surface area contributed by atoms with Gasteiger partial charge in [-0.25, -0.2) is 4.98 Å². The van der Waals surface area contributed by atoms with Crippen LogP contribution in [0.3, 0.4) is 0 Å². The number of hydrogen-bond donors (Lipinski definition) is 3. The second kappa shape index (κ2) is 10.4. The number of halogens is 2. The zero-order chi connectivity index (χ0) is 27.0. The lowest BCUT2D eigenvalue weighted by Crippen LogP contribution is -2.45. The Bertz CT molecular complexity index is 1480. The summed E-state index contributed by atoms with van der Waals surface area (Å²) in [7, 11) is 0. The van der Waals surface area contributed by atoms with Gasteiger partial charge in [-0.15, -0.1) is 0 Å². The molecule has 0 spiro atoms. The first kappa shape index (κ1) is 26.2. The Hall–Kier alpha value is -3.40. The molecule has 1 amide bonds. The summed E-state index contributed by atoms with van der Waals surface area (Å²) < 4.78 is 1.93. The summed E-state index contributed by atoms with van der Waals surface area (Å²) in [4.78, 5) is 28.8. The van der Waals surface area contributed by atoms with Gasteiger partial charge in [0.05, 0.1) is 11.1 Å². The maximum absolute atomic E-state index is 12.1. The third-order valence-electron chi connectivity index (χ3n) is 7.01. The number of primary amides is 1. The van der Waals surface area contributed by atoms with E-state index in [-0.39, 0.29) is 12.5 Å². The second-order valence-corrected chi connectivity index (χ2v) is 10.8. The van der Waals surface area contributed by atoms with Crippen molar-refractivity contribution in [2.45, 2.75) is 32.8 Å². The smallest absolute Gasteiger partial charge is 0.226 e. The molecule has 11 heteroatoms. The molecular formula is C27H29Cl2N7O2. The zero-order valence-corrected chi connectivity index (χ0v) is 22.7. The highest BCUT2D eigenvalue weighted by molar-refractivity contribution is 6.33. The number of carbonyl (C=O) groups excluding carboxylic acids is 1. The number of fused-ring (bicyclic) bond motifs is 1. The van der Waals surface area contributed by atoms with Gasteiger partial charge in [0.25, 0.3) is 0 Å². The molecule has 1 aliphatic rings. The minimum Gasteiger partial charge on any atom is -0.392 e. The van der Waals surface area contributed by atoms with Crippen molar-refractivity contribution in [3.63, 3.8) is 0 Å². The molecule has 0 saturated carbocycles. The van der Waals surface area contributed by atoms with Crippen LogP contribution in [0.4, 0.5) is 11.8 Å². The highest BCUT2D eigenvalue weighted by Crippen LogP contribution is 2.38. The number of nitrogens with one attached hydrogen (secondary N) is 1. The number of rotatable bonds is 7. The van der Waals surface area contributed by atoms with Crippen molar-refractivity contribution < 1.29 is 9.90 Å². The van der Waals surface area contributed by atoms with Crippen molar-refractivity contribution >= 4 is 52.0 Å². The number of anilines is 2. The van der Waals surface area contributed by atoms with Crippen LogP contribution in [-0.4, -0.2) is 56.3 Å². The van der Waals surface area contributed by atoms with E-state index < -0.39 is 11.5 Å². The van der Waals surface area contributed by atoms with Crippen LogP contribution >= 0.6 is 23.2 Å². The maximum Gasteiger partial charge on any atom is 0.226 e. The fourth-order valence-electron chi connectivity index (χ4n) is 4.60.